The van der Waals surface area contributed by atoms with E-state index in [0.717, 1.165) is 44.3 Å². The van der Waals surface area contributed by atoms with Gasteiger partial charge in [0.2, 0.25) is 0 Å². The van der Waals surface area contributed by atoms with Gasteiger partial charge in [0.15, 0.2) is 0 Å². The molecule has 5 aromatic rings. The number of rotatable bonds is 10. The van der Waals surface area contributed by atoms with Crippen LogP contribution in [0.1, 0.15) is 23.2 Å². The van der Waals surface area contributed by atoms with E-state index in [1.807, 2.05) is 54.0 Å². The van der Waals surface area contributed by atoms with E-state index in [2.05, 4.69) is 51.2 Å². The van der Waals surface area contributed by atoms with E-state index < -0.39 is 5.97 Å². The lowest BCUT2D eigenvalue weighted by atomic mass is 10.0. The summed E-state index contributed by atoms with van der Waals surface area (Å²) in [4.78, 5) is 19.9. The third-order valence-electron chi connectivity index (χ3n) is 5.79. The van der Waals surface area contributed by atoms with Gasteiger partial charge in [-0.05, 0) is 47.4 Å². The first-order valence-electron chi connectivity index (χ1n) is 11.7. The number of pyridine rings is 1. The standard InChI is InChI=1S/C29H25N3O3S/c33-28(34)13-10-24-17-32(18-27(24)22-5-2-1-3-6-22)16-21-8-11-26(12-9-21)35-19-25-20-36-29(31-25)23-7-4-14-30-15-23/h1-9,11-12,14-15,17-18,20H,10,13,16,19H2,(H,33,34). The number of carbonyl (C=O) groups is 1. The smallest absolute Gasteiger partial charge is 0.303 e. The summed E-state index contributed by atoms with van der Waals surface area (Å²) in [6.07, 6.45) is 8.32. The average Bonchev–Trinajstić information content (AvgIpc) is 3.55. The molecule has 0 aliphatic rings. The molecule has 0 saturated heterocycles. The Morgan fingerprint density at radius 3 is 2.53 bits per heavy atom. The summed E-state index contributed by atoms with van der Waals surface area (Å²) >= 11 is 1.58. The van der Waals surface area contributed by atoms with Crippen molar-refractivity contribution in [3.8, 4) is 27.4 Å². The first-order valence-corrected chi connectivity index (χ1v) is 12.5. The second kappa shape index (κ2) is 11.0. The molecule has 0 saturated carbocycles. The summed E-state index contributed by atoms with van der Waals surface area (Å²) in [5.74, 6) is -0.00222. The number of hydrogen-bond acceptors (Lipinski definition) is 5. The van der Waals surface area contributed by atoms with Gasteiger partial charge in [-0.3, -0.25) is 9.78 Å². The van der Waals surface area contributed by atoms with E-state index in [1.165, 1.54) is 0 Å². The van der Waals surface area contributed by atoms with Crippen molar-refractivity contribution >= 4 is 17.3 Å². The number of aromatic nitrogens is 3. The number of aliphatic carboxylic acids is 1. The van der Waals surface area contributed by atoms with Gasteiger partial charge in [-0.25, -0.2) is 4.98 Å². The Hall–Kier alpha value is -4.23. The molecular weight excluding hydrogens is 470 g/mol. The summed E-state index contributed by atoms with van der Waals surface area (Å²) in [5.41, 5.74) is 6.23. The highest BCUT2D eigenvalue weighted by Gasteiger charge is 2.11. The van der Waals surface area contributed by atoms with Crippen LogP contribution in [0.3, 0.4) is 0 Å². The van der Waals surface area contributed by atoms with Crippen LogP contribution in [0.5, 0.6) is 5.75 Å². The highest BCUT2D eigenvalue weighted by Crippen LogP contribution is 2.27. The monoisotopic (exact) mass is 495 g/mol. The Morgan fingerprint density at radius 2 is 1.78 bits per heavy atom. The predicted octanol–water partition coefficient (Wildman–Crippen LogP) is 6.32. The number of aryl methyl sites for hydroxylation is 1. The summed E-state index contributed by atoms with van der Waals surface area (Å²) in [6, 6.07) is 22.0. The second-order valence-corrected chi connectivity index (χ2v) is 9.31. The van der Waals surface area contributed by atoms with Crippen molar-refractivity contribution in [3.63, 3.8) is 0 Å². The number of ether oxygens (including phenoxy) is 1. The molecule has 3 heterocycles. The molecule has 7 heteroatoms. The minimum absolute atomic E-state index is 0.110. The number of thiazole rings is 1. The molecule has 0 bridgehead atoms. The molecule has 5 rings (SSSR count). The molecule has 0 amide bonds. The topological polar surface area (TPSA) is 77.2 Å². The fraction of sp³-hybridized carbons (Fsp3) is 0.138. The highest BCUT2D eigenvalue weighted by molar-refractivity contribution is 7.13. The van der Waals surface area contributed by atoms with Crippen molar-refractivity contribution in [2.75, 3.05) is 0 Å². The molecule has 1 N–H and O–H groups in total. The molecule has 0 fully saturated rings. The highest BCUT2D eigenvalue weighted by atomic mass is 32.1. The Morgan fingerprint density at radius 1 is 0.972 bits per heavy atom. The summed E-state index contributed by atoms with van der Waals surface area (Å²) in [5, 5.41) is 12.1. The van der Waals surface area contributed by atoms with Crippen molar-refractivity contribution in [3.05, 3.63) is 114 Å². The van der Waals surface area contributed by atoms with Gasteiger partial charge in [0, 0.05) is 54.3 Å². The second-order valence-electron chi connectivity index (χ2n) is 8.45. The summed E-state index contributed by atoms with van der Waals surface area (Å²) < 4.78 is 8.06. The van der Waals surface area contributed by atoms with Crippen LogP contribution >= 0.6 is 11.3 Å². The molecule has 180 valence electrons. The molecule has 0 aliphatic carbocycles. The van der Waals surface area contributed by atoms with Gasteiger partial charge in [0.05, 0.1) is 5.69 Å². The maximum atomic E-state index is 11.1. The molecule has 0 radical (unpaired) electrons. The lowest BCUT2D eigenvalue weighted by molar-refractivity contribution is -0.136. The molecule has 0 aliphatic heterocycles. The Labute approximate surface area is 213 Å². The van der Waals surface area contributed by atoms with Crippen molar-refractivity contribution in [2.45, 2.75) is 26.0 Å². The van der Waals surface area contributed by atoms with Crippen LogP contribution in [0.4, 0.5) is 0 Å². The molecule has 6 nitrogen and oxygen atoms in total. The van der Waals surface area contributed by atoms with Crippen molar-refractivity contribution < 1.29 is 14.6 Å². The van der Waals surface area contributed by atoms with Crippen molar-refractivity contribution in [1.29, 1.82) is 0 Å². The first-order chi connectivity index (χ1) is 17.6. The minimum atomic E-state index is -0.789. The van der Waals surface area contributed by atoms with Gasteiger partial charge in [0.1, 0.15) is 17.4 Å². The largest absolute Gasteiger partial charge is 0.487 e. The molecule has 2 aromatic carbocycles. The Bertz CT molecular complexity index is 1430. The Balaban J connectivity index is 1.23. The van der Waals surface area contributed by atoms with Gasteiger partial charge in [-0.15, -0.1) is 11.3 Å². The van der Waals surface area contributed by atoms with Crippen LogP contribution < -0.4 is 4.74 Å². The minimum Gasteiger partial charge on any atom is -0.487 e. The van der Waals surface area contributed by atoms with Crippen LogP contribution in [-0.4, -0.2) is 25.6 Å². The zero-order valence-corrected chi connectivity index (χ0v) is 20.4. The van der Waals surface area contributed by atoms with E-state index in [-0.39, 0.29) is 6.42 Å². The molecular formula is C29H25N3O3S. The number of hydrogen-bond donors (Lipinski definition) is 1. The van der Waals surface area contributed by atoms with Crippen molar-refractivity contribution in [2.24, 2.45) is 0 Å². The van der Waals surface area contributed by atoms with Gasteiger partial charge in [-0.2, -0.15) is 0 Å². The van der Waals surface area contributed by atoms with Crippen molar-refractivity contribution in [1.82, 2.24) is 14.5 Å². The van der Waals surface area contributed by atoms with E-state index in [0.29, 0.717) is 19.6 Å². The van der Waals surface area contributed by atoms with E-state index in [9.17, 15) is 4.79 Å². The van der Waals surface area contributed by atoms with Crippen LogP contribution in [0.2, 0.25) is 0 Å². The van der Waals surface area contributed by atoms with Crippen LogP contribution in [-0.2, 0) is 24.4 Å². The van der Waals surface area contributed by atoms with E-state index in [1.54, 1.807) is 17.5 Å². The average molecular weight is 496 g/mol. The first kappa shape index (κ1) is 23.5. The number of benzene rings is 2. The SMILES string of the molecule is O=C(O)CCc1cn(Cc2ccc(OCc3csc(-c4cccnc4)n3)cc2)cc1-c1ccccc1. The zero-order valence-electron chi connectivity index (χ0n) is 19.6. The number of carboxylic acid groups (broad SMARTS) is 1. The predicted molar refractivity (Wildman–Crippen MR) is 141 cm³/mol. The molecule has 3 aromatic heterocycles. The van der Waals surface area contributed by atoms with Crippen LogP contribution in [0.25, 0.3) is 21.7 Å². The van der Waals surface area contributed by atoms with E-state index in [4.69, 9.17) is 9.84 Å². The third-order valence-corrected chi connectivity index (χ3v) is 6.73. The normalized spacial score (nSPS) is 10.9. The fourth-order valence-corrected chi connectivity index (χ4v) is 4.81. The lowest BCUT2D eigenvalue weighted by Gasteiger charge is -2.07. The molecule has 0 atom stereocenters. The van der Waals surface area contributed by atoms with Crippen LogP contribution in [0.15, 0.2) is 96.9 Å². The maximum absolute atomic E-state index is 11.1. The number of carboxylic acids is 1. The lowest BCUT2D eigenvalue weighted by Crippen LogP contribution is -1.99. The van der Waals surface area contributed by atoms with Gasteiger partial charge in [-0.1, -0.05) is 42.5 Å². The van der Waals surface area contributed by atoms with Gasteiger partial charge in [0.25, 0.3) is 0 Å². The van der Waals surface area contributed by atoms with E-state index >= 15 is 0 Å². The van der Waals surface area contributed by atoms with Gasteiger partial charge >= 0.3 is 5.97 Å². The zero-order chi connectivity index (χ0) is 24.7. The molecule has 36 heavy (non-hydrogen) atoms. The number of nitrogens with zero attached hydrogens (tertiary/aromatic N) is 3. The molecule has 0 spiro atoms. The van der Waals surface area contributed by atoms with Gasteiger partial charge < -0.3 is 14.4 Å². The quantitative estimate of drug-likeness (QED) is 0.245. The molecule has 0 unspecified atom stereocenters. The maximum Gasteiger partial charge on any atom is 0.303 e. The fourth-order valence-electron chi connectivity index (χ4n) is 4.02. The summed E-state index contributed by atoms with van der Waals surface area (Å²) in [7, 11) is 0. The third kappa shape index (κ3) is 5.87. The van der Waals surface area contributed by atoms with Crippen LogP contribution in [0, 0.1) is 0 Å². The summed E-state index contributed by atoms with van der Waals surface area (Å²) in [6.45, 7) is 1.09. The Kier molecular flexibility index (Phi) is 7.19.